The normalized spacial score (nSPS) is 12.5. The third-order valence-electron chi connectivity index (χ3n) is 5.19. The van der Waals surface area contributed by atoms with Crippen LogP contribution in [0.4, 0.5) is 5.82 Å². The maximum Gasteiger partial charge on any atom is 0.256 e. The Morgan fingerprint density at radius 3 is 2.94 bits per heavy atom. The lowest BCUT2D eigenvalue weighted by molar-refractivity contribution is 0.102. The van der Waals surface area contributed by atoms with Crippen molar-refractivity contribution in [2.75, 3.05) is 12.4 Å². The predicted molar refractivity (Wildman–Crippen MR) is 113 cm³/mol. The first-order valence-electron chi connectivity index (χ1n) is 9.84. The van der Waals surface area contributed by atoms with E-state index in [0.717, 1.165) is 18.5 Å². The predicted octanol–water partition coefficient (Wildman–Crippen LogP) is 2.97. The van der Waals surface area contributed by atoms with E-state index in [-0.39, 0.29) is 17.4 Å². The number of ether oxygens (including phenoxy) is 1. The molecular formula is C22H19N5O4. The number of furan rings is 1. The molecule has 0 spiro atoms. The van der Waals surface area contributed by atoms with Crippen LogP contribution in [0.5, 0.6) is 5.75 Å². The van der Waals surface area contributed by atoms with Gasteiger partial charge in [-0.15, -0.1) is 0 Å². The summed E-state index contributed by atoms with van der Waals surface area (Å²) in [5.41, 5.74) is 2.21. The number of fused-ring (bicyclic) bond motifs is 1. The van der Waals surface area contributed by atoms with Crippen LogP contribution in [0.2, 0.25) is 0 Å². The molecule has 0 unspecified atom stereocenters. The van der Waals surface area contributed by atoms with E-state index in [4.69, 9.17) is 9.15 Å². The molecule has 2 N–H and O–H groups in total. The highest BCUT2D eigenvalue weighted by Gasteiger charge is 2.21. The van der Waals surface area contributed by atoms with Crippen LogP contribution in [0.1, 0.15) is 28.0 Å². The molecule has 9 heteroatoms. The molecule has 1 aromatic carbocycles. The Bertz CT molecular complexity index is 1320. The second kappa shape index (κ2) is 7.60. The number of carbonyl (C=O) groups is 1. The number of nitrogens with zero attached hydrogens (tertiary/aromatic N) is 3. The summed E-state index contributed by atoms with van der Waals surface area (Å²) in [6, 6.07) is 12.0. The van der Waals surface area contributed by atoms with E-state index in [1.165, 1.54) is 11.8 Å². The Morgan fingerprint density at radius 1 is 1.23 bits per heavy atom. The van der Waals surface area contributed by atoms with Crippen molar-refractivity contribution in [3.05, 3.63) is 75.9 Å². The van der Waals surface area contributed by atoms with E-state index in [1.54, 1.807) is 48.7 Å². The number of aromatic amines is 1. The lowest BCUT2D eigenvalue weighted by Gasteiger charge is -2.10. The first-order valence-corrected chi connectivity index (χ1v) is 9.84. The molecule has 0 bridgehead atoms. The number of methoxy groups -OCH3 is 1. The number of aryl methyl sites for hydroxylation is 1. The number of nitrogens with one attached hydrogen (secondary N) is 2. The largest absolute Gasteiger partial charge is 0.497 e. The number of aromatic nitrogens is 4. The minimum atomic E-state index is -0.352. The van der Waals surface area contributed by atoms with Gasteiger partial charge in [0.15, 0.2) is 5.76 Å². The average molecular weight is 417 g/mol. The number of anilines is 1. The van der Waals surface area contributed by atoms with Crippen LogP contribution in [-0.4, -0.2) is 32.8 Å². The molecular weight excluding hydrogens is 398 g/mol. The molecule has 3 heterocycles. The SMILES string of the molecule is COc1cccc(C(=O)Nc2cc(-c3ccco3)nn2-c2nc3c(c(=O)[nH]2)CCC3)c1. The first-order chi connectivity index (χ1) is 15.1. The van der Waals surface area contributed by atoms with Crippen molar-refractivity contribution in [3.8, 4) is 23.2 Å². The minimum Gasteiger partial charge on any atom is -0.497 e. The van der Waals surface area contributed by atoms with Gasteiger partial charge in [-0.1, -0.05) is 6.07 Å². The molecule has 0 saturated heterocycles. The van der Waals surface area contributed by atoms with Crippen molar-refractivity contribution in [3.63, 3.8) is 0 Å². The topological polar surface area (TPSA) is 115 Å². The van der Waals surface area contributed by atoms with Gasteiger partial charge in [-0.05, 0) is 49.6 Å². The monoisotopic (exact) mass is 417 g/mol. The molecule has 0 fully saturated rings. The second-order valence-corrected chi connectivity index (χ2v) is 7.16. The van der Waals surface area contributed by atoms with E-state index in [1.807, 2.05) is 0 Å². The van der Waals surface area contributed by atoms with Crippen molar-refractivity contribution >= 4 is 11.7 Å². The summed E-state index contributed by atoms with van der Waals surface area (Å²) in [5, 5.41) is 7.37. The van der Waals surface area contributed by atoms with Gasteiger partial charge in [0.2, 0.25) is 5.95 Å². The van der Waals surface area contributed by atoms with Gasteiger partial charge < -0.3 is 14.5 Å². The van der Waals surface area contributed by atoms with Crippen LogP contribution in [-0.2, 0) is 12.8 Å². The van der Waals surface area contributed by atoms with Gasteiger partial charge in [0.1, 0.15) is 17.3 Å². The molecule has 1 aliphatic carbocycles. The number of hydrogen-bond donors (Lipinski definition) is 2. The Labute approximate surface area is 176 Å². The number of carbonyl (C=O) groups excluding carboxylic acids is 1. The van der Waals surface area contributed by atoms with Crippen molar-refractivity contribution in [1.82, 2.24) is 19.7 Å². The quantitative estimate of drug-likeness (QED) is 0.516. The molecule has 0 aliphatic heterocycles. The number of amides is 1. The Balaban J connectivity index is 1.57. The Kier molecular flexibility index (Phi) is 4.62. The van der Waals surface area contributed by atoms with Gasteiger partial charge in [0, 0.05) is 17.2 Å². The van der Waals surface area contributed by atoms with Crippen molar-refractivity contribution in [2.45, 2.75) is 19.3 Å². The lowest BCUT2D eigenvalue weighted by atomic mass is 10.2. The first kappa shape index (κ1) is 18.9. The fraction of sp³-hybridized carbons (Fsp3) is 0.182. The zero-order valence-corrected chi connectivity index (χ0v) is 16.7. The number of H-pyrrole nitrogens is 1. The van der Waals surface area contributed by atoms with Gasteiger partial charge in [-0.3, -0.25) is 14.6 Å². The summed E-state index contributed by atoms with van der Waals surface area (Å²) >= 11 is 0. The van der Waals surface area contributed by atoms with Crippen molar-refractivity contribution in [2.24, 2.45) is 0 Å². The van der Waals surface area contributed by atoms with E-state index >= 15 is 0 Å². The highest BCUT2D eigenvalue weighted by atomic mass is 16.5. The molecule has 31 heavy (non-hydrogen) atoms. The van der Waals surface area contributed by atoms with Gasteiger partial charge in [-0.25, -0.2) is 4.98 Å². The maximum absolute atomic E-state index is 12.9. The van der Waals surface area contributed by atoms with Gasteiger partial charge in [0.25, 0.3) is 11.5 Å². The van der Waals surface area contributed by atoms with Crippen LogP contribution in [0.3, 0.4) is 0 Å². The molecule has 3 aromatic heterocycles. The fourth-order valence-electron chi connectivity index (χ4n) is 3.66. The second-order valence-electron chi connectivity index (χ2n) is 7.16. The number of hydrogen-bond acceptors (Lipinski definition) is 6. The molecule has 9 nitrogen and oxygen atoms in total. The minimum absolute atomic E-state index is 0.183. The Hall–Kier alpha value is -4.14. The zero-order valence-electron chi connectivity index (χ0n) is 16.7. The molecule has 0 radical (unpaired) electrons. The molecule has 0 atom stereocenters. The van der Waals surface area contributed by atoms with Crippen molar-refractivity contribution in [1.29, 1.82) is 0 Å². The van der Waals surface area contributed by atoms with Crippen molar-refractivity contribution < 1.29 is 13.9 Å². The summed E-state index contributed by atoms with van der Waals surface area (Å²) < 4.78 is 12.1. The highest BCUT2D eigenvalue weighted by molar-refractivity contribution is 6.04. The third kappa shape index (κ3) is 3.50. The summed E-state index contributed by atoms with van der Waals surface area (Å²) in [5.74, 6) is 1.33. The van der Waals surface area contributed by atoms with E-state index in [0.29, 0.717) is 40.6 Å². The molecule has 156 valence electrons. The highest BCUT2D eigenvalue weighted by Crippen LogP contribution is 2.25. The summed E-state index contributed by atoms with van der Waals surface area (Å²) in [7, 11) is 1.54. The fourth-order valence-corrected chi connectivity index (χ4v) is 3.66. The zero-order chi connectivity index (χ0) is 21.4. The van der Waals surface area contributed by atoms with Gasteiger partial charge >= 0.3 is 0 Å². The molecule has 0 saturated carbocycles. The van der Waals surface area contributed by atoms with Crippen LogP contribution >= 0.6 is 0 Å². The Morgan fingerprint density at radius 2 is 2.13 bits per heavy atom. The maximum atomic E-state index is 12.9. The summed E-state index contributed by atoms with van der Waals surface area (Å²) in [6.45, 7) is 0. The number of rotatable bonds is 5. The summed E-state index contributed by atoms with van der Waals surface area (Å²) in [6.07, 6.45) is 3.89. The van der Waals surface area contributed by atoms with Crippen LogP contribution in [0.25, 0.3) is 17.4 Å². The number of benzene rings is 1. The van der Waals surface area contributed by atoms with Crippen LogP contribution < -0.4 is 15.6 Å². The van der Waals surface area contributed by atoms with Gasteiger partial charge in [-0.2, -0.15) is 9.78 Å². The third-order valence-corrected chi connectivity index (χ3v) is 5.19. The van der Waals surface area contributed by atoms with E-state index in [9.17, 15) is 9.59 Å². The van der Waals surface area contributed by atoms with Gasteiger partial charge in [0.05, 0.1) is 19.1 Å². The van der Waals surface area contributed by atoms with Crippen LogP contribution in [0, 0.1) is 0 Å². The van der Waals surface area contributed by atoms with E-state index in [2.05, 4.69) is 20.4 Å². The molecule has 4 aromatic rings. The standard InChI is InChI=1S/C22H19N5O4/c1-30-14-6-2-5-13(11-14)20(28)24-19-12-17(18-9-4-10-31-18)26-27(19)22-23-16-8-3-7-15(16)21(29)25-22/h2,4-6,9-12H,3,7-8H2,1H3,(H,24,28)(H,23,25,29). The average Bonchev–Trinajstić information content (AvgIpc) is 3.54. The summed E-state index contributed by atoms with van der Waals surface area (Å²) in [4.78, 5) is 32.8. The molecule has 1 amide bonds. The van der Waals surface area contributed by atoms with Crippen LogP contribution in [0.15, 0.2) is 57.9 Å². The molecule has 1 aliphatic rings. The lowest BCUT2D eigenvalue weighted by Crippen LogP contribution is -2.21. The molecule has 5 rings (SSSR count). The van der Waals surface area contributed by atoms with E-state index < -0.39 is 0 Å². The smallest absolute Gasteiger partial charge is 0.256 e.